The molecule has 3 rings (SSSR count). The number of imidazole rings is 1. The number of carboxylic acid groups (broad SMARTS) is 2. The Bertz CT molecular complexity index is 1950. The number of aliphatic hydroxyl groups is 2. The monoisotopic (exact) mass is 937 g/mol. The van der Waals surface area contributed by atoms with Crippen molar-refractivity contribution < 1.29 is 105 Å². The number of hydrogen-bond donors (Lipinski definition) is 5. The number of phosphoric acid groups is 3. The zero-order valence-electron chi connectivity index (χ0n) is 31.5. The Kier molecular flexibility index (Phi) is 21.7. The third-order valence-electron chi connectivity index (χ3n) is 7.07. The molecule has 340 valence electrons. The fourth-order valence-electron chi connectivity index (χ4n) is 4.30. The van der Waals surface area contributed by atoms with Crippen LogP contribution in [0, 0.1) is 5.41 Å². The molecule has 29 nitrogen and oxygen atoms in total. The lowest BCUT2D eigenvalue weighted by molar-refractivity contribution is -0.347. The van der Waals surface area contributed by atoms with E-state index in [0.717, 1.165) is 35.9 Å². The number of nitrogens with zero attached hydrogens (tertiary/aromatic N) is 4. The zero-order chi connectivity index (χ0) is 46.2. The van der Waals surface area contributed by atoms with E-state index in [0.29, 0.717) is 5.75 Å². The molecule has 1 fully saturated rings. The first-order valence-corrected chi connectivity index (χ1v) is 21.7. The summed E-state index contributed by atoms with van der Waals surface area (Å²) in [5.74, 6) is -3.76. The second-order valence-corrected chi connectivity index (χ2v) is 17.6. The maximum Gasteiger partial charge on any atom is 0.274 e. The van der Waals surface area contributed by atoms with Gasteiger partial charge in [0.2, 0.25) is 11.8 Å². The van der Waals surface area contributed by atoms with Crippen LogP contribution in [-0.4, -0.2) is 121 Å². The normalized spacial score (nSPS) is 20.2. The van der Waals surface area contributed by atoms with Crippen LogP contribution in [0.15, 0.2) is 12.7 Å². The molecular weight excluding hydrogens is 899 g/mol. The highest BCUT2D eigenvalue weighted by atomic mass is 32.2. The molecule has 0 bridgehead atoms. The number of nitrogens with one attached hydrogen (secondary N) is 2. The van der Waals surface area contributed by atoms with Gasteiger partial charge in [-0.15, -0.1) is 0 Å². The average Bonchev–Trinajstić information content (AvgIpc) is 3.68. The number of rotatable bonds is 20. The average molecular weight is 938 g/mol. The van der Waals surface area contributed by atoms with E-state index in [1.54, 1.807) is 0 Å². The van der Waals surface area contributed by atoms with Crippen LogP contribution in [0.1, 0.15) is 40.3 Å². The molecule has 2 aromatic rings. The first-order valence-electron chi connectivity index (χ1n) is 16.3. The van der Waals surface area contributed by atoms with Crippen molar-refractivity contribution in [1.29, 1.82) is 0 Å². The van der Waals surface area contributed by atoms with E-state index in [2.05, 4.69) is 43.5 Å². The molecule has 1 aliphatic rings. The maximum absolute atomic E-state index is 12.4. The molecule has 7 atom stereocenters. The highest BCUT2D eigenvalue weighted by Crippen LogP contribution is 2.56. The molecule has 0 saturated carbocycles. The number of fused-ring (bicyclic) bond motifs is 1. The number of carbonyl (C=O) groups excluding carboxylic acids is 6. The molecule has 0 aliphatic carbocycles. The number of Topliss-reactive ketones (excluding diaryl/α,β-unsaturated/α-hetero) is 1. The van der Waals surface area contributed by atoms with Crippen molar-refractivity contribution in [3.8, 4) is 0 Å². The molecule has 0 aromatic carbocycles. The predicted octanol–water partition coefficient (Wildman–Crippen LogP) is -7.15. The van der Waals surface area contributed by atoms with E-state index in [1.165, 1.54) is 20.8 Å². The van der Waals surface area contributed by atoms with Gasteiger partial charge in [-0.05, 0) is 0 Å². The van der Waals surface area contributed by atoms with Gasteiger partial charge in [0.1, 0.15) is 42.2 Å². The number of nitrogen functional groups attached to an aromatic ring is 1. The third kappa shape index (κ3) is 18.8. The summed E-state index contributed by atoms with van der Waals surface area (Å²) in [6.07, 6.45) is -7.55. The number of carbonyl (C=O) groups is 6. The topological polar surface area (TPSA) is 472 Å². The first kappa shape index (κ1) is 54.2. The number of ether oxygens (including phenoxy) is 1. The molecule has 60 heavy (non-hydrogen) atoms. The zero-order valence-corrected chi connectivity index (χ0v) is 35.0. The lowest BCUT2D eigenvalue weighted by atomic mass is 9.87. The number of aliphatic hydroxyl groups excluding tert-OH is 2. The van der Waals surface area contributed by atoms with E-state index in [9.17, 15) is 72.6 Å². The van der Waals surface area contributed by atoms with Crippen molar-refractivity contribution >= 4 is 87.4 Å². The van der Waals surface area contributed by atoms with E-state index in [-0.39, 0.29) is 41.6 Å². The van der Waals surface area contributed by atoms with Gasteiger partial charge in [0, 0.05) is 51.0 Å². The molecule has 3 heterocycles. The molecule has 2 aromatic heterocycles. The van der Waals surface area contributed by atoms with Crippen molar-refractivity contribution in [3.05, 3.63) is 12.7 Å². The molecule has 2 amide bonds. The Labute approximate surface area is 342 Å². The fraction of sp³-hybridized carbons (Fsp3) is 0.593. The Morgan fingerprint density at radius 1 is 1.05 bits per heavy atom. The van der Waals surface area contributed by atoms with Crippen molar-refractivity contribution in [2.24, 2.45) is 5.41 Å². The summed E-state index contributed by atoms with van der Waals surface area (Å²) in [4.78, 5) is 121. The summed E-state index contributed by atoms with van der Waals surface area (Å²) in [6, 6.07) is 0. The largest absolute Gasteiger partial charge is 0.790 e. The fourth-order valence-corrected chi connectivity index (χ4v) is 7.53. The summed E-state index contributed by atoms with van der Waals surface area (Å²) in [5, 5.41) is 43.4. The molecule has 1 aliphatic heterocycles. The smallest absolute Gasteiger partial charge is 0.274 e. The molecule has 33 heteroatoms. The number of ketones is 1. The summed E-state index contributed by atoms with van der Waals surface area (Å²) in [5.41, 5.74) is 4.07. The van der Waals surface area contributed by atoms with Gasteiger partial charge in [-0.25, -0.2) is 19.3 Å². The number of anilines is 1. The number of thioether (sulfide) groups is 1. The van der Waals surface area contributed by atoms with E-state index >= 15 is 0 Å². The number of aliphatic carboxylic acids is 1. The minimum absolute atomic E-state index is 0.0209. The van der Waals surface area contributed by atoms with Gasteiger partial charge < -0.3 is 88.8 Å². The van der Waals surface area contributed by atoms with E-state index < -0.39 is 103 Å². The number of carboxylic acids is 1. The highest BCUT2D eigenvalue weighted by molar-refractivity contribution is 8.13. The minimum Gasteiger partial charge on any atom is -0.790 e. The van der Waals surface area contributed by atoms with Crippen LogP contribution in [0.4, 0.5) is 5.82 Å². The predicted molar refractivity (Wildman–Crippen MR) is 186 cm³/mol. The van der Waals surface area contributed by atoms with Crippen molar-refractivity contribution in [2.75, 3.05) is 37.8 Å². The molecular formula is C27H38N7O22P3S-6. The Morgan fingerprint density at radius 2 is 1.63 bits per heavy atom. The summed E-state index contributed by atoms with van der Waals surface area (Å²) in [7, 11) is -17.6. The van der Waals surface area contributed by atoms with Gasteiger partial charge in [-0.3, -0.25) is 32.9 Å². The van der Waals surface area contributed by atoms with Gasteiger partial charge >= 0.3 is 0 Å². The van der Waals surface area contributed by atoms with Crippen LogP contribution >= 0.6 is 35.2 Å². The van der Waals surface area contributed by atoms with Crippen LogP contribution in [0.3, 0.4) is 0 Å². The van der Waals surface area contributed by atoms with Crippen LogP contribution in [0.5, 0.6) is 0 Å². The molecule has 0 radical (unpaired) electrons. The number of hydrogen-bond acceptors (Lipinski definition) is 27. The first-order chi connectivity index (χ1) is 27.6. The van der Waals surface area contributed by atoms with Crippen LogP contribution in [-0.2, 0) is 65.1 Å². The van der Waals surface area contributed by atoms with Crippen molar-refractivity contribution in [2.45, 2.75) is 64.8 Å². The van der Waals surface area contributed by atoms with Crippen molar-refractivity contribution in [1.82, 2.24) is 30.2 Å². The summed E-state index contributed by atoms with van der Waals surface area (Å²) >= 11 is 1.01. The summed E-state index contributed by atoms with van der Waals surface area (Å²) in [6.45, 7) is 1.93. The van der Waals surface area contributed by atoms with Crippen LogP contribution in [0.2, 0.25) is 0 Å². The SMILES string of the molecule is CC(=O)C(=O)[O-].CC(=O)SCCNC(=O)CCNC(=O)C(O)C(C)(C)COP(=O)([O-])OP(=O)([O-])OCC1OC(n2cnc3c(N)ncnc32)C(O)C1OP(=O)([O-])[O-].O=C[O-]. The van der Waals surface area contributed by atoms with E-state index in [4.69, 9.17) is 20.4 Å². The molecule has 1 saturated heterocycles. The van der Waals surface area contributed by atoms with Gasteiger partial charge in [0.05, 0.1) is 27.4 Å². The lowest BCUT2D eigenvalue weighted by Crippen LogP contribution is -2.46. The third-order valence-corrected chi connectivity index (χ3v) is 10.9. The van der Waals surface area contributed by atoms with Gasteiger partial charge in [-0.2, -0.15) is 0 Å². The van der Waals surface area contributed by atoms with Crippen LogP contribution in [0.25, 0.3) is 11.2 Å². The Morgan fingerprint density at radius 3 is 2.18 bits per heavy atom. The lowest BCUT2D eigenvalue weighted by Gasteiger charge is -2.36. The Hall–Kier alpha value is -3.83. The second kappa shape index (κ2) is 24.0. The van der Waals surface area contributed by atoms with E-state index in [1.807, 2.05) is 0 Å². The number of nitrogens with two attached hydrogens (primary N) is 1. The molecule has 0 spiro atoms. The van der Waals surface area contributed by atoms with Gasteiger partial charge in [0.25, 0.3) is 15.6 Å². The highest BCUT2D eigenvalue weighted by Gasteiger charge is 2.47. The maximum atomic E-state index is 12.4. The number of aromatic nitrogens is 4. The molecule has 6 N–H and O–H groups in total. The van der Waals surface area contributed by atoms with Gasteiger partial charge in [0.15, 0.2) is 28.6 Å². The number of amides is 2. The van der Waals surface area contributed by atoms with Gasteiger partial charge in [-0.1, -0.05) is 25.6 Å². The standard InChI is InChI=1S/C23H38N7O17P3S.C3H4O3.CH2O2/c1-12(31)51-7-6-25-14(32)4-5-26-21(35)18(34)23(2,3)9-44-50(41,42)47-49(39,40)43-8-13-17(46-48(36,37)38)16(33)22(45-13)30-11-29-15-19(24)27-10-28-20(15)30;1-2(4)3(5)6;2-1-3/h10-11,13,16-18,22,33-34H,4-9H2,1-3H3,(H,25,32)(H,26,35)(H,39,40)(H,41,42)(H2,24,27,28)(H2,36,37,38);1H3,(H,5,6);1H,(H,2,3)/p-6. The quantitative estimate of drug-likeness (QED) is 0.0356. The van der Waals surface area contributed by atoms with Crippen LogP contribution < -0.4 is 46.2 Å². The summed E-state index contributed by atoms with van der Waals surface area (Å²) < 4.78 is 60.2. The minimum atomic E-state index is -5.90. The molecule has 7 unspecified atom stereocenters. The number of phosphoric ester groups is 3. The Balaban J connectivity index is 0.00000180. The van der Waals surface area contributed by atoms with Crippen molar-refractivity contribution in [3.63, 3.8) is 0 Å². The second-order valence-electron chi connectivity index (χ2n) is 12.3.